The molecule has 1 amide bonds. The van der Waals surface area contributed by atoms with E-state index < -0.39 is 4.92 Å². The minimum atomic E-state index is -0.469. The molecule has 0 atom stereocenters. The van der Waals surface area contributed by atoms with Gasteiger partial charge in [-0.1, -0.05) is 24.2 Å². The molecule has 5 nitrogen and oxygen atoms in total. The third-order valence-corrected chi connectivity index (χ3v) is 4.53. The first-order valence-corrected chi connectivity index (χ1v) is 7.59. The Morgan fingerprint density at radius 1 is 1.47 bits per heavy atom. The van der Waals surface area contributed by atoms with Gasteiger partial charge in [-0.15, -0.1) is 11.6 Å². The van der Waals surface area contributed by atoms with Crippen LogP contribution in [0.4, 0.5) is 5.00 Å². The van der Waals surface area contributed by atoms with E-state index in [-0.39, 0.29) is 17.0 Å². The second kappa shape index (κ2) is 6.34. The first kappa shape index (κ1) is 14.3. The molecule has 1 aliphatic carbocycles. The van der Waals surface area contributed by atoms with E-state index in [1.54, 1.807) is 4.90 Å². The summed E-state index contributed by atoms with van der Waals surface area (Å²) >= 11 is 6.69. The van der Waals surface area contributed by atoms with Crippen LogP contribution in [0.1, 0.15) is 35.4 Å². The highest BCUT2D eigenvalue weighted by atomic mass is 35.5. The lowest BCUT2D eigenvalue weighted by molar-refractivity contribution is -0.380. The highest BCUT2D eigenvalue weighted by Crippen LogP contribution is 2.29. The summed E-state index contributed by atoms with van der Waals surface area (Å²) in [7, 11) is 0. The van der Waals surface area contributed by atoms with E-state index in [0.29, 0.717) is 17.3 Å². The van der Waals surface area contributed by atoms with Gasteiger partial charge in [-0.25, -0.2) is 0 Å². The first-order chi connectivity index (χ1) is 9.13. The second-order valence-corrected chi connectivity index (χ2v) is 5.96. The molecule has 7 heteroatoms. The van der Waals surface area contributed by atoms with Crippen molar-refractivity contribution in [2.45, 2.75) is 31.7 Å². The van der Waals surface area contributed by atoms with Crippen LogP contribution in [0.25, 0.3) is 0 Å². The zero-order valence-corrected chi connectivity index (χ0v) is 12.0. The van der Waals surface area contributed by atoms with Crippen LogP contribution in [0.3, 0.4) is 0 Å². The summed E-state index contributed by atoms with van der Waals surface area (Å²) in [6.07, 6.45) is 4.24. The normalized spacial score (nSPS) is 15.6. The molecular weight excluding hydrogens is 288 g/mol. The molecule has 19 heavy (non-hydrogen) atoms. The van der Waals surface area contributed by atoms with E-state index in [4.69, 9.17) is 11.6 Å². The predicted molar refractivity (Wildman–Crippen MR) is 75.0 cm³/mol. The Labute approximate surface area is 120 Å². The quantitative estimate of drug-likeness (QED) is 0.476. The number of carbonyl (C=O) groups is 1. The Hall–Kier alpha value is -1.14. The van der Waals surface area contributed by atoms with Crippen LogP contribution >= 0.6 is 22.9 Å². The topological polar surface area (TPSA) is 63.4 Å². The summed E-state index contributed by atoms with van der Waals surface area (Å²) in [5.74, 6) is 0.251. The van der Waals surface area contributed by atoms with Gasteiger partial charge in [0.05, 0.1) is 9.80 Å². The second-order valence-electron chi connectivity index (χ2n) is 4.52. The van der Waals surface area contributed by atoms with Crippen molar-refractivity contribution in [2.24, 2.45) is 0 Å². The van der Waals surface area contributed by atoms with Crippen LogP contribution in [0.5, 0.6) is 0 Å². The molecule has 2 rings (SSSR count). The highest BCUT2D eigenvalue weighted by molar-refractivity contribution is 7.17. The molecule has 0 saturated heterocycles. The predicted octanol–water partition coefficient (Wildman–Crippen LogP) is 3.28. The molecule has 0 aromatic carbocycles. The fraction of sp³-hybridized carbons (Fsp3) is 0.583. The Bertz CT molecular complexity index is 471. The van der Waals surface area contributed by atoms with Gasteiger partial charge in [0.15, 0.2) is 0 Å². The van der Waals surface area contributed by atoms with E-state index in [0.717, 1.165) is 37.0 Å². The zero-order valence-electron chi connectivity index (χ0n) is 10.4. The van der Waals surface area contributed by atoms with Crippen molar-refractivity contribution >= 4 is 33.8 Å². The number of rotatable bonds is 5. The molecule has 104 valence electrons. The molecule has 0 radical (unpaired) electrons. The van der Waals surface area contributed by atoms with E-state index in [1.165, 1.54) is 12.1 Å². The summed E-state index contributed by atoms with van der Waals surface area (Å²) in [5.41, 5.74) is 0. The van der Waals surface area contributed by atoms with E-state index in [9.17, 15) is 14.9 Å². The van der Waals surface area contributed by atoms with Gasteiger partial charge >= 0.3 is 5.00 Å². The van der Waals surface area contributed by atoms with Gasteiger partial charge in [0.1, 0.15) is 0 Å². The van der Waals surface area contributed by atoms with Crippen molar-refractivity contribution in [1.29, 1.82) is 0 Å². The Kier molecular flexibility index (Phi) is 4.76. The molecule has 1 aliphatic rings. The average molecular weight is 303 g/mol. The third-order valence-electron chi connectivity index (χ3n) is 3.33. The van der Waals surface area contributed by atoms with Gasteiger partial charge in [0, 0.05) is 24.5 Å². The summed E-state index contributed by atoms with van der Waals surface area (Å²) in [4.78, 5) is 24.8. The minimum Gasteiger partial charge on any atom is -0.334 e. The average Bonchev–Trinajstić information content (AvgIpc) is 3.05. The lowest BCUT2D eigenvalue weighted by Crippen LogP contribution is -2.39. The Morgan fingerprint density at radius 2 is 2.16 bits per heavy atom. The standard InChI is InChI=1S/C12H15ClN2O3S/c13-7-8-14(9-3-1-2-4-9)12(16)10-5-6-11(19-10)15(17)18/h5-6,9H,1-4,7-8H2. The molecule has 1 fully saturated rings. The smallest absolute Gasteiger partial charge is 0.324 e. The summed E-state index contributed by atoms with van der Waals surface area (Å²) in [6.45, 7) is 0.497. The molecule has 1 heterocycles. The van der Waals surface area contributed by atoms with Gasteiger partial charge in [0.2, 0.25) is 0 Å². The molecule has 1 saturated carbocycles. The van der Waals surface area contributed by atoms with Crippen molar-refractivity contribution in [2.75, 3.05) is 12.4 Å². The minimum absolute atomic E-state index is 0.000551. The van der Waals surface area contributed by atoms with Gasteiger partial charge in [-0.05, 0) is 18.9 Å². The lowest BCUT2D eigenvalue weighted by atomic mass is 10.2. The number of nitro groups is 1. The van der Waals surface area contributed by atoms with E-state index >= 15 is 0 Å². The van der Waals surface area contributed by atoms with Crippen LogP contribution < -0.4 is 0 Å². The number of carbonyl (C=O) groups excluding carboxylic acids is 1. The molecule has 1 aromatic rings. The Balaban J connectivity index is 2.15. The van der Waals surface area contributed by atoms with Gasteiger partial charge in [0.25, 0.3) is 5.91 Å². The number of thiophene rings is 1. The van der Waals surface area contributed by atoms with Gasteiger partial charge in [-0.2, -0.15) is 0 Å². The molecule has 0 spiro atoms. The fourth-order valence-electron chi connectivity index (χ4n) is 2.44. The van der Waals surface area contributed by atoms with Crippen LogP contribution in [0.15, 0.2) is 12.1 Å². The highest BCUT2D eigenvalue weighted by Gasteiger charge is 2.28. The maximum absolute atomic E-state index is 12.4. The van der Waals surface area contributed by atoms with E-state index in [2.05, 4.69) is 0 Å². The van der Waals surface area contributed by atoms with Crippen LogP contribution in [0, 0.1) is 10.1 Å². The number of amides is 1. The number of hydrogen-bond acceptors (Lipinski definition) is 4. The van der Waals surface area contributed by atoms with Crippen molar-refractivity contribution in [1.82, 2.24) is 4.90 Å². The van der Waals surface area contributed by atoms with Crippen molar-refractivity contribution in [3.8, 4) is 0 Å². The van der Waals surface area contributed by atoms with Crippen LogP contribution in [0.2, 0.25) is 0 Å². The number of hydrogen-bond donors (Lipinski definition) is 0. The zero-order chi connectivity index (χ0) is 13.8. The number of halogens is 1. The number of alkyl halides is 1. The molecular formula is C12H15ClN2O3S. The molecule has 1 aromatic heterocycles. The van der Waals surface area contributed by atoms with Gasteiger partial charge in [-0.3, -0.25) is 14.9 Å². The lowest BCUT2D eigenvalue weighted by Gasteiger charge is -2.27. The van der Waals surface area contributed by atoms with Crippen molar-refractivity contribution < 1.29 is 9.72 Å². The summed E-state index contributed by atoms with van der Waals surface area (Å²) < 4.78 is 0. The first-order valence-electron chi connectivity index (χ1n) is 6.24. The number of nitrogens with zero attached hydrogens (tertiary/aromatic N) is 2. The third kappa shape index (κ3) is 3.25. The largest absolute Gasteiger partial charge is 0.334 e. The molecule has 0 N–H and O–H groups in total. The van der Waals surface area contributed by atoms with Crippen LogP contribution in [-0.2, 0) is 0 Å². The van der Waals surface area contributed by atoms with Crippen LogP contribution in [-0.4, -0.2) is 34.2 Å². The van der Waals surface area contributed by atoms with Crippen molar-refractivity contribution in [3.05, 3.63) is 27.1 Å². The maximum atomic E-state index is 12.4. The maximum Gasteiger partial charge on any atom is 0.324 e. The fourth-order valence-corrected chi connectivity index (χ4v) is 3.40. The Morgan fingerprint density at radius 3 is 2.68 bits per heavy atom. The summed E-state index contributed by atoms with van der Waals surface area (Å²) in [6, 6.07) is 3.14. The van der Waals surface area contributed by atoms with Gasteiger partial charge < -0.3 is 4.90 Å². The molecule has 0 bridgehead atoms. The SMILES string of the molecule is O=C(c1ccc([N+](=O)[O-])s1)N(CCCl)C1CCCC1. The summed E-state index contributed by atoms with van der Waals surface area (Å²) in [5, 5.41) is 10.7. The van der Waals surface area contributed by atoms with E-state index in [1.807, 2.05) is 0 Å². The molecule has 0 aliphatic heterocycles. The van der Waals surface area contributed by atoms with Crippen molar-refractivity contribution in [3.63, 3.8) is 0 Å². The molecule has 0 unspecified atom stereocenters. The monoisotopic (exact) mass is 302 g/mol.